The molecule has 14 heavy (non-hydrogen) atoms. The molecule has 0 aliphatic carbocycles. The highest BCUT2D eigenvalue weighted by molar-refractivity contribution is 5.46. The lowest BCUT2D eigenvalue weighted by Crippen LogP contribution is -1.96. The van der Waals surface area contributed by atoms with Crippen molar-refractivity contribution in [3.05, 3.63) is 23.3 Å². The van der Waals surface area contributed by atoms with E-state index >= 15 is 0 Å². The van der Waals surface area contributed by atoms with E-state index in [1.807, 2.05) is 0 Å². The molecule has 0 N–H and O–H groups in total. The van der Waals surface area contributed by atoms with Crippen molar-refractivity contribution in [2.75, 3.05) is 14.2 Å². The van der Waals surface area contributed by atoms with Crippen LogP contribution in [-0.2, 0) is 12.8 Å². The first-order valence-corrected chi connectivity index (χ1v) is 5.00. The number of hydrogen-bond donors (Lipinski definition) is 0. The van der Waals surface area contributed by atoms with Gasteiger partial charge in [0.2, 0.25) is 0 Å². The van der Waals surface area contributed by atoms with Gasteiger partial charge in [-0.05, 0) is 36.1 Å². The minimum atomic E-state index is 0.962. The lowest BCUT2D eigenvalue weighted by Gasteiger charge is -2.12. The van der Waals surface area contributed by atoms with Crippen molar-refractivity contribution in [1.29, 1.82) is 0 Å². The summed E-state index contributed by atoms with van der Waals surface area (Å²) in [5, 5.41) is 0. The van der Waals surface area contributed by atoms with Crippen LogP contribution in [0.15, 0.2) is 12.1 Å². The van der Waals surface area contributed by atoms with Gasteiger partial charge in [-0.1, -0.05) is 13.8 Å². The first-order valence-electron chi connectivity index (χ1n) is 5.00. The second kappa shape index (κ2) is 4.89. The smallest absolute Gasteiger partial charge is 0.122 e. The Kier molecular flexibility index (Phi) is 3.81. The molecule has 0 saturated heterocycles. The molecule has 0 aromatic heterocycles. The Hall–Kier alpha value is -1.18. The molecule has 78 valence electrons. The molecule has 0 atom stereocenters. The maximum absolute atomic E-state index is 5.32. The minimum Gasteiger partial charge on any atom is -0.496 e. The van der Waals surface area contributed by atoms with Crippen molar-refractivity contribution < 1.29 is 9.47 Å². The van der Waals surface area contributed by atoms with Crippen molar-refractivity contribution in [3.8, 4) is 11.5 Å². The predicted molar refractivity (Wildman–Crippen MR) is 58.3 cm³/mol. The lowest BCUT2D eigenvalue weighted by atomic mass is 10.1. The fraction of sp³-hybridized carbons (Fsp3) is 0.500. The predicted octanol–water partition coefficient (Wildman–Crippen LogP) is 2.83. The summed E-state index contributed by atoms with van der Waals surface area (Å²) in [7, 11) is 3.42. The van der Waals surface area contributed by atoms with E-state index in [1.54, 1.807) is 14.2 Å². The number of rotatable bonds is 4. The molecule has 0 saturated carbocycles. The molecule has 1 aromatic carbocycles. The number of aryl methyl sites for hydroxylation is 2. The number of ether oxygens (including phenoxy) is 2. The van der Waals surface area contributed by atoms with Crippen molar-refractivity contribution in [3.63, 3.8) is 0 Å². The number of hydrogen-bond acceptors (Lipinski definition) is 2. The van der Waals surface area contributed by atoms with Gasteiger partial charge < -0.3 is 9.47 Å². The average Bonchev–Trinajstić information content (AvgIpc) is 2.26. The Morgan fingerprint density at radius 2 is 1.21 bits per heavy atom. The number of methoxy groups -OCH3 is 2. The molecule has 2 heteroatoms. The van der Waals surface area contributed by atoms with Crippen LogP contribution in [0.5, 0.6) is 11.5 Å². The van der Waals surface area contributed by atoms with Gasteiger partial charge in [-0.2, -0.15) is 0 Å². The summed E-state index contributed by atoms with van der Waals surface area (Å²) < 4.78 is 10.6. The van der Waals surface area contributed by atoms with E-state index in [1.165, 1.54) is 11.1 Å². The van der Waals surface area contributed by atoms with Crippen LogP contribution >= 0.6 is 0 Å². The zero-order valence-electron chi connectivity index (χ0n) is 9.39. The Balaban J connectivity index is 3.20. The largest absolute Gasteiger partial charge is 0.496 e. The summed E-state index contributed by atoms with van der Waals surface area (Å²) in [6.07, 6.45) is 1.92. The highest BCUT2D eigenvalue weighted by Crippen LogP contribution is 2.29. The molecule has 1 rings (SSSR count). The first-order chi connectivity index (χ1) is 6.76. The normalized spacial score (nSPS) is 10.0. The molecule has 0 fully saturated rings. The zero-order chi connectivity index (χ0) is 10.6. The highest BCUT2D eigenvalue weighted by Gasteiger charge is 2.08. The summed E-state index contributed by atoms with van der Waals surface area (Å²) in [6, 6.07) is 4.13. The van der Waals surface area contributed by atoms with Crippen LogP contribution in [0.1, 0.15) is 25.0 Å². The van der Waals surface area contributed by atoms with Gasteiger partial charge in [-0.3, -0.25) is 0 Å². The van der Waals surface area contributed by atoms with Crippen LogP contribution in [0.4, 0.5) is 0 Å². The lowest BCUT2D eigenvalue weighted by molar-refractivity contribution is 0.395. The standard InChI is InChI=1S/C12H18O2/c1-5-9-7-12(14-4)10(6-2)8-11(9)13-3/h7-8H,5-6H2,1-4H3. The van der Waals surface area contributed by atoms with Gasteiger partial charge in [0.05, 0.1) is 14.2 Å². The average molecular weight is 194 g/mol. The Labute approximate surface area is 85.8 Å². The third-order valence-corrected chi connectivity index (χ3v) is 2.45. The van der Waals surface area contributed by atoms with Gasteiger partial charge in [0.15, 0.2) is 0 Å². The SMILES string of the molecule is CCc1cc(OC)c(CC)cc1OC. The second-order valence-electron chi connectivity index (χ2n) is 3.18. The summed E-state index contributed by atoms with van der Waals surface area (Å²) in [5.74, 6) is 1.93. The quantitative estimate of drug-likeness (QED) is 0.733. The van der Waals surface area contributed by atoms with Crippen LogP contribution in [0.3, 0.4) is 0 Å². The Bertz CT molecular complexity index is 247. The summed E-state index contributed by atoms with van der Waals surface area (Å²) >= 11 is 0. The van der Waals surface area contributed by atoms with Gasteiger partial charge in [0.1, 0.15) is 11.5 Å². The van der Waals surface area contributed by atoms with Crippen LogP contribution in [0, 0.1) is 0 Å². The second-order valence-corrected chi connectivity index (χ2v) is 3.18. The first kappa shape index (κ1) is 10.9. The summed E-state index contributed by atoms with van der Waals surface area (Å²) in [4.78, 5) is 0. The molecule has 0 heterocycles. The maximum Gasteiger partial charge on any atom is 0.122 e. The summed E-state index contributed by atoms with van der Waals surface area (Å²) in [5.41, 5.74) is 2.39. The highest BCUT2D eigenvalue weighted by atomic mass is 16.5. The van der Waals surface area contributed by atoms with E-state index < -0.39 is 0 Å². The van der Waals surface area contributed by atoms with Gasteiger partial charge in [0, 0.05) is 0 Å². The number of benzene rings is 1. The molecule has 0 radical (unpaired) electrons. The van der Waals surface area contributed by atoms with Gasteiger partial charge in [-0.25, -0.2) is 0 Å². The third-order valence-electron chi connectivity index (χ3n) is 2.45. The van der Waals surface area contributed by atoms with Crippen molar-refractivity contribution in [1.82, 2.24) is 0 Å². The monoisotopic (exact) mass is 194 g/mol. The molecule has 0 amide bonds. The van der Waals surface area contributed by atoms with Crippen LogP contribution in [-0.4, -0.2) is 14.2 Å². The third kappa shape index (κ3) is 2.00. The van der Waals surface area contributed by atoms with Crippen molar-refractivity contribution in [2.45, 2.75) is 26.7 Å². The molecule has 2 nitrogen and oxygen atoms in total. The van der Waals surface area contributed by atoms with Crippen molar-refractivity contribution in [2.24, 2.45) is 0 Å². The zero-order valence-corrected chi connectivity index (χ0v) is 9.39. The molecular weight excluding hydrogens is 176 g/mol. The Morgan fingerprint density at radius 1 is 0.857 bits per heavy atom. The van der Waals surface area contributed by atoms with Gasteiger partial charge in [-0.15, -0.1) is 0 Å². The molecule has 0 bridgehead atoms. The minimum absolute atomic E-state index is 0.962. The van der Waals surface area contributed by atoms with Gasteiger partial charge in [0.25, 0.3) is 0 Å². The van der Waals surface area contributed by atoms with E-state index in [2.05, 4.69) is 26.0 Å². The molecule has 0 aliphatic rings. The van der Waals surface area contributed by atoms with Crippen LogP contribution in [0.25, 0.3) is 0 Å². The molecule has 0 spiro atoms. The van der Waals surface area contributed by atoms with Gasteiger partial charge >= 0.3 is 0 Å². The van der Waals surface area contributed by atoms with Crippen LogP contribution < -0.4 is 9.47 Å². The van der Waals surface area contributed by atoms with E-state index in [-0.39, 0.29) is 0 Å². The fourth-order valence-electron chi connectivity index (χ4n) is 1.58. The summed E-state index contributed by atoms with van der Waals surface area (Å²) in [6.45, 7) is 4.23. The van der Waals surface area contributed by atoms with Crippen molar-refractivity contribution >= 4 is 0 Å². The topological polar surface area (TPSA) is 18.5 Å². The van der Waals surface area contributed by atoms with E-state index in [9.17, 15) is 0 Å². The molecular formula is C12H18O2. The Morgan fingerprint density at radius 3 is 1.43 bits per heavy atom. The maximum atomic E-state index is 5.32. The fourth-order valence-corrected chi connectivity index (χ4v) is 1.58. The van der Waals surface area contributed by atoms with E-state index in [0.29, 0.717) is 0 Å². The van der Waals surface area contributed by atoms with Crippen LogP contribution in [0.2, 0.25) is 0 Å². The van der Waals surface area contributed by atoms with E-state index in [0.717, 1.165) is 24.3 Å². The van der Waals surface area contributed by atoms with E-state index in [4.69, 9.17) is 9.47 Å². The molecule has 0 unspecified atom stereocenters. The molecule has 0 aliphatic heterocycles. The molecule has 1 aromatic rings.